The molecule has 1 unspecified atom stereocenters. The summed E-state index contributed by atoms with van der Waals surface area (Å²) in [6, 6.07) is 0. The van der Waals surface area contributed by atoms with E-state index in [0.717, 1.165) is 12.8 Å². The highest BCUT2D eigenvalue weighted by atomic mass is 32.2. The van der Waals surface area contributed by atoms with Crippen molar-refractivity contribution >= 4 is 21.8 Å². The molecule has 3 heterocycles. The fourth-order valence-corrected chi connectivity index (χ4v) is 5.85. The van der Waals surface area contributed by atoms with Crippen LogP contribution in [0, 0.1) is 19.8 Å². The highest BCUT2D eigenvalue weighted by Crippen LogP contribution is 2.25. The van der Waals surface area contributed by atoms with Gasteiger partial charge in [0, 0.05) is 39.3 Å². The van der Waals surface area contributed by atoms with Gasteiger partial charge in [-0.1, -0.05) is 11.7 Å². The molecule has 2 aliphatic rings. The molecule has 0 N–H and O–H groups in total. The minimum Gasteiger partial charge on any atom is -0.360 e. The molecule has 160 valence electrons. The van der Waals surface area contributed by atoms with Crippen molar-refractivity contribution in [3.8, 4) is 0 Å². The van der Waals surface area contributed by atoms with Gasteiger partial charge in [-0.25, -0.2) is 8.42 Å². The molecule has 0 saturated carbocycles. The quantitative estimate of drug-likeness (QED) is 0.667. The van der Waals surface area contributed by atoms with Gasteiger partial charge >= 0.3 is 0 Å². The third kappa shape index (κ3) is 4.37. The van der Waals surface area contributed by atoms with Gasteiger partial charge in [-0.2, -0.15) is 4.31 Å². The maximum atomic E-state index is 13.0. The van der Waals surface area contributed by atoms with Crippen molar-refractivity contribution < 1.29 is 22.5 Å². The van der Waals surface area contributed by atoms with E-state index in [0.29, 0.717) is 44.8 Å². The van der Waals surface area contributed by atoms with Crippen molar-refractivity contribution in [1.82, 2.24) is 19.3 Å². The second kappa shape index (κ2) is 8.66. The number of carbonyl (C=O) groups excluding carboxylic acids is 2. The summed E-state index contributed by atoms with van der Waals surface area (Å²) in [5.74, 6) is -0.148. The van der Waals surface area contributed by atoms with Gasteiger partial charge < -0.3 is 14.3 Å². The van der Waals surface area contributed by atoms with Crippen LogP contribution in [-0.4, -0.2) is 78.8 Å². The molecular weight excluding hydrogens is 396 g/mol. The van der Waals surface area contributed by atoms with E-state index in [-0.39, 0.29) is 34.9 Å². The van der Waals surface area contributed by atoms with Gasteiger partial charge in [-0.3, -0.25) is 9.59 Å². The molecule has 3 rings (SSSR count). The molecule has 29 heavy (non-hydrogen) atoms. The number of hydrogen-bond donors (Lipinski definition) is 0. The Labute approximate surface area is 171 Å². The number of hydrogen-bond acceptors (Lipinski definition) is 6. The molecule has 2 amide bonds. The van der Waals surface area contributed by atoms with Gasteiger partial charge in [0.1, 0.15) is 10.6 Å². The fraction of sp³-hybridized carbons (Fsp3) is 0.632. The van der Waals surface area contributed by atoms with E-state index in [9.17, 15) is 18.0 Å². The Morgan fingerprint density at radius 2 is 1.83 bits per heavy atom. The number of nitrogens with zero attached hydrogens (tertiary/aromatic N) is 4. The Balaban J connectivity index is 1.67. The summed E-state index contributed by atoms with van der Waals surface area (Å²) in [6.45, 7) is 9.11. The van der Waals surface area contributed by atoms with Gasteiger partial charge in [-0.15, -0.1) is 0 Å². The Kier molecular flexibility index (Phi) is 6.42. The second-order valence-corrected chi connectivity index (χ2v) is 9.44. The average molecular weight is 425 g/mol. The van der Waals surface area contributed by atoms with Crippen LogP contribution < -0.4 is 0 Å². The van der Waals surface area contributed by atoms with Crippen LogP contribution >= 0.6 is 0 Å². The molecule has 0 aromatic carbocycles. The van der Waals surface area contributed by atoms with E-state index in [2.05, 4.69) is 11.7 Å². The van der Waals surface area contributed by atoms with E-state index in [1.807, 2.05) is 0 Å². The van der Waals surface area contributed by atoms with Crippen LogP contribution in [0.3, 0.4) is 0 Å². The lowest BCUT2D eigenvalue weighted by Crippen LogP contribution is -2.47. The first-order chi connectivity index (χ1) is 13.8. The average Bonchev–Trinajstić information content (AvgIpc) is 2.91. The number of piperidine rings is 1. The molecule has 2 saturated heterocycles. The normalized spacial score (nSPS) is 21.7. The Morgan fingerprint density at radius 1 is 1.10 bits per heavy atom. The van der Waals surface area contributed by atoms with Gasteiger partial charge in [0.05, 0.1) is 5.92 Å². The molecule has 2 aliphatic heterocycles. The summed E-state index contributed by atoms with van der Waals surface area (Å²) in [6.07, 6.45) is 3.33. The van der Waals surface area contributed by atoms with Gasteiger partial charge in [0.25, 0.3) is 0 Å². The number of aryl methyl sites for hydroxylation is 2. The van der Waals surface area contributed by atoms with Gasteiger partial charge in [-0.05, 0) is 39.2 Å². The first kappa shape index (κ1) is 21.5. The number of aromatic nitrogens is 1. The third-order valence-corrected chi connectivity index (χ3v) is 7.73. The van der Waals surface area contributed by atoms with Crippen LogP contribution in [0.25, 0.3) is 0 Å². The first-order valence-corrected chi connectivity index (χ1v) is 11.3. The monoisotopic (exact) mass is 424 g/mol. The lowest BCUT2D eigenvalue weighted by molar-refractivity contribution is -0.139. The standard InChI is InChI=1S/C19H28N4O5S/c1-4-17(24)22-8-5-7-16(13-22)19(25)21-9-6-10-23(12-11-21)29(26,27)18-14(2)20-28-15(18)3/h4,16H,1,5-13H2,2-3H3. The summed E-state index contributed by atoms with van der Waals surface area (Å²) in [5, 5.41) is 3.75. The molecular formula is C19H28N4O5S. The Hall–Kier alpha value is -2.20. The summed E-state index contributed by atoms with van der Waals surface area (Å²) >= 11 is 0. The SMILES string of the molecule is C=CC(=O)N1CCCC(C(=O)N2CCCN(S(=O)(=O)c3c(C)noc3C)CC2)C1. The zero-order valence-corrected chi connectivity index (χ0v) is 17.8. The first-order valence-electron chi connectivity index (χ1n) is 9.89. The molecule has 0 radical (unpaired) electrons. The lowest BCUT2D eigenvalue weighted by atomic mass is 9.96. The molecule has 9 nitrogen and oxygen atoms in total. The van der Waals surface area contributed by atoms with Crippen LogP contribution in [0.4, 0.5) is 0 Å². The molecule has 0 spiro atoms. The molecule has 10 heteroatoms. The summed E-state index contributed by atoms with van der Waals surface area (Å²) in [5.41, 5.74) is 0.342. The van der Waals surface area contributed by atoms with Gasteiger partial charge in [0.2, 0.25) is 21.8 Å². The van der Waals surface area contributed by atoms with Crippen molar-refractivity contribution in [3.05, 3.63) is 24.1 Å². The fourth-order valence-electron chi connectivity index (χ4n) is 4.09. The zero-order chi connectivity index (χ0) is 21.2. The molecule has 1 aromatic heterocycles. The number of rotatable bonds is 4. The van der Waals surface area contributed by atoms with Crippen LogP contribution in [0.2, 0.25) is 0 Å². The van der Waals surface area contributed by atoms with Gasteiger partial charge in [0.15, 0.2) is 5.76 Å². The zero-order valence-electron chi connectivity index (χ0n) is 17.0. The Morgan fingerprint density at radius 3 is 2.48 bits per heavy atom. The topological polar surface area (TPSA) is 104 Å². The predicted octanol–water partition coefficient (Wildman–Crippen LogP) is 0.939. The minimum atomic E-state index is -3.73. The van der Waals surface area contributed by atoms with Crippen LogP contribution in [-0.2, 0) is 19.6 Å². The summed E-state index contributed by atoms with van der Waals surface area (Å²) in [4.78, 5) is 28.4. The van der Waals surface area contributed by atoms with Crippen molar-refractivity contribution in [2.24, 2.45) is 5.92 Å². The highest BCUT2D eigenvalue weighted by Gasteiger charge is 2.35. The second-order valence-electron chi connectivity index (χ2n) is 7.56. The van der Waals surface area contributed by atoms with Crippen molar-refractivity contribution in [3.63, 3.8) is 0 Å². The molecule has 0 aliphatic carbocycles. The molecule has 0 bridgehead atoms. The van der Waals surface area contributed by atoms with E-state index in [4.69, 9.17) is 4.52 Å². The van der Waals surface area contributed by atoms with E-state index >= 15 is 0 Å². The highest BCUT2D eigenvalue weighted by molar-refractivity contribution is 7.89. The number of amides is 2. The summed E-state index contributed by atoms with van der Waals surface area (Å²) in [7, 11) is -3.73. The van der Waals surface area contributed by atoms with Crippen LogP contribution in [0.5, 0.6) is 0 Å². The van der Waals surface area contributed by atoms with E-state index in [1.165, 1.54) is 10.4 Å². The third-order valence-electron chi connectivity index (χ3n) is 5.59. The largest absolute Gasteiger partial charge is 0.360 e. The van der Waals surface area contributed by atoms with Crippen molar-refractivity contribution in [1.29, 1.82) is 0 Å². The smallest absolute Gasteiger partial charge is 0.248 e. The van der Waals surface area contributed by atoms with Crippen LogP contribution in [0.15, 0.2) is 22.1 Å². The number of carbonyl (C=O) groups is 2. The van der Waals surface area contributed by atoms with Crippen molar-refractivity contribution in [2.45, 2.75) is 38.0 Å². The molecule has 1 aromatic rings. The number of sulfonamides is 1. The van der Waals surface area contributed by atoms with Crippen LogP contribution in [0.1, 0.15) is 30.7 Å². The van der Waals surface area contributed by atoms with Crippen molar-refractivity contribution in [2.75, 3.05) is 39.3 Å². The molecule has 2 fully saturated rings. The maximum absolute atomic E-state index is 13.0. The number of likely N-dealkylation sites (tertiary alicyclic amines) is 1. The van der Waals surface area contributed by atoms with E-state index in [1.54, 1.807) is 23.6 Å². The maximum Gasteiger partial charge on any atom is 0.248 e. The Bertz CT molecular complexity index is 875. The lowest BCUT2D eigenvalue weighted by Gasteiger charge is -2.34. The van der Waals surface area contributed by atoms with E-state index < -0.39 is 10.0 Å². The molecule has 1 atom stereocenters. The predicted molar refractivity (Wildman–Crippen MR) is 105 cm³/mol. The summed E-state index contributed by atoms with van der Waals surface area (Å²) < 4.78 is 32.5. The minimum absolute atomic E-state index is 0.0110.